The Kier molecular flexibility index (Phi) is 4.48. The lowest BCUT2D eigenvalue weighted by molar-refractivity contribution is 0.121. The highest BCUT2D eigenvalue weighted by molar-refractivity contribution is 4.93. The Balaban J connectivity index is 1.87. The summed E-state index contributed by atoms with van der Waals surface area (Å²) in [6.45, 7) is 11.0. The lowest BCUT2D eigenvalue weighted by Crippen LogP contribution is -2.53. The first-order valence-corrected chi connectivity index (χ1v) is 7.61. The quantitative estimate of drug-likeness (QED) is 0.765. The number of nitrogens with zero attached hydrogens (tertiary/aromatic N) is 1. The van der Waals surface area contributed by atoms with Crippen LogP contribution < -0.4 is 5.32 Å². The molecule has 0 spiro atoms. The molecule has 1 aliphatic heterocycles. The van der Waals surface area contributed by atoms with Crippen LogP contribution in [0.1, 0.15) is 59.3 Å². The van der Waals surface area contributed by atoms with Gasteiger partial charge in [-0.3, -0.25) is 4.90 Å². The number of hydrogen-bond acceptors (Lipinski definition) is 2. The zero-order chi connectivity index (χ0) is 12.3. The molecule has 0 aromatic carbocycles. The average molecular weight is 238 g/mol. The third kappa shape index (κ3) is 3.69. The van der Waals surface area contributed by atoms with Crippen molar-refractivity contribution >= 4 is 0 Å². The van der Waals surface area contributed by atoms with E-state index >= 15 is 0 Å². The zero-order valence-corrected chi connectivity index (χ0v) is 12.0. The van der Waals surface area contributed by atoms with Crippen LogP contribution in [-0.4, -0.2) is 36.6 Å². The van der Waals surface area contributed by atoms with E-state index in [2.05, 4.69) is 31.0 Å². The van der Waals surface area contributed by atoms with Gasteiger partial charge >= 0.3 is 0 Å². The van der Waals surface area contributed by atoms with Crippen LogP contribution in [-0.2, 0) is 0 Å². The van der Waals surface area contributed by atoms with Gasteiger partial charge < -0.3 is 5.32 Å². The molecule has 1 N–H and O–H groups in total. The second-order valence-corrected chi connectivity index (χ2v) is 6.68. The molecule has 0 amide bonds. The Morgan fingerprint density at radius 3 is 2.65 bits per heavy atom. The molecule has 17 heavy (non-hydrogen) atoms. The average Bonchev–Trinajstić information content (AvgIpc) is 3.10. The van der Waals surface area contributed by atoms with Crippen molar-refractivity contribution in [2.24, 2.45) is 5.41 Å². The first kappa shape index (κ1) is 13.4. The van der Waals surface area contributed by atoms with Crippen LogP contribution in [0.15, 0.2) is 0 Å². The number of piperidine rings is 1. The van der Waals surface area contributed by atoms with Gasteiger partial charge in [0.2, 0.25) is 0 Å². The van der Waals surface area contributed by atoms with Crippen LogP contribution >= 0.6 is 0 Å². The zero-order valence-electron chi connectivity index (χ0n) is 12.0. The van der Waals surface area contributed by atoms with E-state index in [4.69, 9.17) is 0 Å². The van der Waals surface area contributed by atoms with Crippen LogP contribution in [0.5, 0.6) is 0 Å². The van der Waals surface area contributed by atoms with Crippen molar-refractivity contribution < 1.29 is 0 Å². The van der Waals surface area contributed by atoms with Gasteiger partial charge in [-0.1, -0.05) is 27.2 Å². The number of hydrogen-bond donors (Lipinski definition) is 1. The molecule has 2 fully saturated rings. The fraction of sp³-hybridized carbons (Fsp3) is 1.00. The molecule has 0 aromatic rings. The second-order valence-electron chi connectivity index (χ2n) is 6.68. The topological polar surface area (TPSA) is 15.3 Å². The Morgan fingerprint density at radius 1 is 1.29 bits per heavy atom. The molecule has 0 radical (unpaired) electrons. The maximum absolute atomic E-state index is 3.76. The molecule has 2 heteroatoms. The molecule has 1 saturated heterocycles. The molecule has 1 unspecified atom stereocenters. The van der Waals surface area contributed by atoms with Crippen LogP contribution in [0.4, 0.5) is 0 Å². The minimum atomic E-state index is 0.484. The van der Waals surface area contributed by atoms with E-state index in [-0.39, 0.29) is 0 Å². The van der Waals surface area contributed by atoms with E-state index in [9.17, 15) is 0 Å². The number of unbranched alkanes of at least 4 members (excludes halogenated alkanes) is 1. The van der Waals surface area contributed by atoms with Gasteiger partial charge in [0.05, 0.1) is 0 Å². The normalized spacial score (nSPS) is 28.6. The van der Waals surface area contributed by atoms with Gasteiger partial charge in [-0.2, -0.15) is 0 Å². The minimum absolute atomic E-state index is 0.484. The standard InChI is InChI=1S/C15H30N2/c1-4-5-11-17(13-7-8-13)12-14-15(2,3)9-6-10-16-14/h13-14,16H,4-12H2,1-3H3. The Bertz CT molecular complexity index is 233. The SMILES string of the molecule is CCCCN(CC1NCCCC1(C)C)C1CC1. The molecule has 100 valence electrons. The van der Waals surface area contributed by atoms with Gasteiger partial charge in [0, 0.05) is 18.6 Å². The van der Waals surface area contributed by atoms with Crippen molar-refractivity contribution in [2.45, 2.75) is 71.4 Å². The van der Waals surface area contributed by atoms with Crippen molar-refractivity contribution in [3.8, 4) is 0 Å². The van der Waals surface area contributed by atoms with E-state index in [1.807, 2.05) is 0 Å². The first-order valence-electron chi connectivity index (χ1n) is 7.61. The summed E-state index contributed by atoms with van der Waals surface area (Å²) in [6.07, 6.45) is 8.31. The predicted molar refractivity (Wildman–Crippen MR) is 74.3 cm³/mol. The predicted octanol–water partition coefficient (Wildman–Crippen LogP) is 3.03. The summed E-state index contributed by atoms with van der Waals surface area (Å²) in [6, 6.07) is 1.62. The van der Waals surface area contributed by atoms with Crippen LogP contribution in [0.2, 0.25) is 0 Å². The minimum Gasteiger partial charge on any atom is -0.312 e. The number of nitrogens with one attached hydrogen (secondary N) is 1. The molecule has 1 atom stereocenters. The number of rotatable bonds is 6. The monoisotopic (exact) mass is 238 g/mol. The third-order valence-electron chi connectivity index (χ3n) is 4.61. The molecule has 0 bridgehead atoms. The lowest BCUT2D eigenvalue weighted by Gasteiger charge is -2.42. The fourth-order valence-corrected chi connectivity index (χ4v) is 3.04. The van der Waals surface area contributed by atoms with Gasteiger partial charge in [-0.05, 0) is 50.6 Å². The summed E-state index contributed by atoms with van der Waals surface area (Å²) in [4.78, 5) is 2.76. The van der Waals surface area contributed by atoms with E-state index in [0.717, 1.165) is 6.04 Å². The van der Waals surface area contributed by atoms with Crippen molar-refractivity contribution in [2.75, 3.05) is 19.6 Å². The molecular formula is C15H30N2. The largest absolute Gasteiger partial charge is 0.312 e. The fourth-order valence-electron chi connectivity index (χ4n) is 3.04. The van der Waals surface area contributed by atoms with Crippen molar-refractivity contribution in [1.82, 2.24) is 10.2 Å². The summed E-state index contributed by atoms with van der Waals surface area (Å²) >= 11 is 0. The van der Waals surface area contributed by atoms with E-state index < -0.39 is 0 Å². The summed E-state index contributed by atoms with van der Waals surface area (Å²) in [5.41, 5.74) is 0.484. The molecular weight excluding hydrogens is 208 g/mol. The molecule has 2 rings (SSSR count). The molecule has 0 aromatic heterocycles. The molecule has 1 aliphatic carbocycles. The van der Waals surface area contributed by atoms with E-state index in [1.54, 1.807) is 0 Å². The molecule has 2 aliphatic rings. The van der Waals surface area contributed by atoms with Crippen LogP contribution in [0.3, 0.4) is 0 Å². The second kappa shape index (κ2) is 5.71. The first-order chi connectivity index (χ1) is 8.13. The highest BCUT2D eigenvalue weighted by Crippen LogP contribution is 2.33. The molecule has 1 heterocycles. The summed E-state index contributed by atoms with van der Waals surface area (Å²) in [5.74, 6) is 0. The molecule has 2 nitrogen and oxygen atoms in total. The van der Waals surface area contributed by atoms with Gasteiger partial charge in [0.25, 0.3) is 0 Å². The van der Waals surface area contributed by atoms with Crippen molar-refractivity contribution in [3.05, 3.63) is 0 Å². The maximum atomic E-state index is 3.76. The van der Waals surface area contributed by atoms with Crippen LogP contribution in [0.25, 0.3) is 0 Å². The highest BCUT2D eigenvalue weighted by atomic mass is 15.2. The molecule has 1 saturated carbocycles. The van der Waals surface area contributed by atoms with Gasteiger partial charge in [0.1, 0.15) is 0 Å². The third-order valence-corrected chi connectivity index (χ3v) is 4.61. The maximum Gasteiger partial charge on any atom is 0.0246 e. The van der Waals surface area contributed by atoms with Gasteiger partial charge in [-0.15, -0.1) is 0 Å². The van der Waals surface area contributed by atoms with Crippen molar-refractivity contribution in [3.63, 3.8) is 0 Å². The van der Waals surface area contributed by atoms with Crippen LogP contribution in [0, 0.1) is 5.41 Å². The Morgan fingerprint density at radius 2 is 2.06 bits per heavy atom. The van der Waals surface area contributed by atoms with E-state index in [0.29, 0.717) is 11.5 Å². The summed E-state index contributed by atoms with van der Waals surface area (Å²) in [5, 5.41) is 3.76. The summed E-state index contributed by atoms with van der Waals surface area (Å²) in [7, 11) is 0. The highest BCUT2D eigenvalue weighted by Gasteiger charge is 2.36. The smallest absolute Gasteiger partial charge is 0.0246 e. The summed E-state index contributed by atoms with van der Waals surface area (Å²) < 4.78 is 0. The Labute approximate surface area is 107 Å². The van der Waals surface area contributed by atoms with Gasteiger partial charge in [0.15, 0.2) is 0 Å². The van der Waals surface area contributed by atoms with E-state index in [1.165, 1.54) is 58.2 Å². The lowest BCUT2D eigenvalue weighted by atomic mass is 9.77. The van der Waals surface area contributed by atoms with Crippen molar-refractivity contribution in [1.29, 1.82) is 0 Å². The Hall–Kier alpha value is -0.0800. The van der Waals surface area contributed by atoms with Gasteiger partial charge in [-0.25, -0.2) is 0 Å².